The lowest BCUT2D eigenvalue weighted by atomic mass is 9.91. The van der Waals surface area contributed by atoms with Gasteiger partial charge in [-0.3, -0.25) is 4.70 Å². The normalized spacial score (nSPS) is 13.5. The standard InChI is InChI=1S/C8F18.C2H6O.C2H6.FH.HNO2S/c9-1(10,3(13,14)5(17,18)7(21,22)23)2(11,12)4(15,16)6(19,20)8(24,25)26;1-2-3;1-2;;1-4(2)3/h;3H,2H2,1H3;1-2H3;1H;1H. The maximum Gasteiger partial charge on any atom is 0.460 e. The van der Waals surface area contributed by atoms with Crippen molar-refractivity contribution in [3.8, 4) is 0 Å². The second-order valence-corrected chi connectivity index (χ2v) is 5.46. The van der Waals surface area contributed by atoms with Gasteiger partial charge in [-0.2, -0.15) is 92.2 Å². The lowest BCUT2D eigenvalue weighted by Crippen LogP contribution is -2.74. The minimum Gasteiger partial charge on any atom is -0.397 e. The second kappa shape index (κ2) is 13.7. The maximum atomic E-state index is 12.8. The molecule has 0 heterocycles. The molecule has 0 bridgehead atoms. The smallest absolute Gasteiger partial charge is 0.397 e. The summed E-state index contributed by atoms with van der Waals surface area (Å²) in [6.45, 7) is 5.93. The van der Waals surface area contributed by atoms with Gasteiger partial charge in [-0.25, -0.2) is 0 Å². The molecule has 24 heteroatoms. The molecule has 0 aromatic rings. The molecule has 0 saturated carbocycles. The van der Waals surface area contributed by atoms with E-state index in [2.05, 4.69) is 0 Å². The minimum absolute atomic E-state index is 0. The SMILES string of the molecule is CC.CCO.F.FC(F)(F)C(F)(F)C(F)(F)C(F)(F)C(F)(F)C(F)(F)C(F)(F)C(F)(F)F.N=S(=O)=O. The van der Waals surface area contributed by atoms with Crippen LogP contribution < -0.4 is 0 Å². The Bertz CT molecular complexity index is 687. The highest BCUT2D eigenvalue weighted by Gasteiger charge is 2.95. The van der Waals surface area contributed by atoms with Gasteiger partial charge in [0, 0.05) is 6.61 Å². The zero-order chi connectivity index (χ0) is 30.3. The van der Waals surface area contributed by atoms with Crippen molar-refractivity contribution >= 4 is 10.5 Å². The molecule has 0 amide bonds. The largest absolute Gasteiger partial charge is 0.460 e. The molecule has 0 aromatic carbocycles. The summed E-state index contributed by atoms with van der Waals surface area (Å²) in [7, 11) is -2.61. The van der Waals surface area contributed by atoms with Crippen molar-refractivity contribution in [3.63, 3.8) is 0 Å². The summed E-state index contributed by atoms with van der Waals surface area (Å²) in [5.41, 5.74) is 0. The molecule has 36 heavy (non-hydrogen) atoms. The molecule has 0 fully saturated rings. The summed E-state index contributed by atoms with van der Waals surface area (Å²) in [6.07, 6.45) is -15.6. The molecule has 0 radical (unpaired) electrons. The van der Waals surface area contributed by atoms with E-state index in [4.69, 9.17) is 18.3 Å². The highest BCUT2D eigenvalue weighted by Crippen LogP contribution is 2.63. The van der Waals surface area contributed by atoms with Crippen molar-refractivity contribution in [3.05, 3.63) is 0 Å². The Kier molecular flexibility index (Phi) is 16.8. The van der Waals surface area contributed by atoms with Crippen molar-refractivity contribution in [2.24, 2.45) is 0 Å². The van der Waals surface area contributed by atoms with E-state index in [-0.39, 0.29) is 11.3 Å². The summed E-state index contributed by atoms with van der Waals surface area (Å²) < 4.78 is 243. The van der Waals surface area contributed by atoms with Crippen LogP contribution in [-0.2, 0) is 10.5 Å². The number of nitrogens with one attached hydrogen (secondary N) is 1. The van der Waals surface area contributed by atoms with Crippen LogP contribution in [0.5, 0.6) is 0 Å². The van der Waals surface area contributed by atoms with Gasteiger partial charge in [-0.05, 0) is 6.92 Å². The zero-order valence-corrected chi connectivity index (χ0v) is 17.9. The second-order valence-electron chi connectivity index (χ2n) is 4.99. The molecular weight excluding hydrogens is 599 g/mol. The molecule has 0 aliphatic rings. The molecule has 0 saturated heterocycles. The van der Waals surface area contributed by atoms with Crippen LogP contribution in [0.2, 0.25) is 0 Å². The zero-order valence-electron chi connectivity index (χ0n) is 17.1. The molecular formula is C12H14F19NO3S. The minimum atomic E-state index is -8.72. The van der Waals surface area contributed by atoms with Crippen molar-refractivity contribution < 1.29 is 97.3 Å². The molecule has 0 aromatic heterocycles. The third-order valence-corrected chi connectivity index (χ3v) is 2.68. The summed E-state index contributed by atoms with van der Waals surface area (Å²) in [6, 6.07) is 0. The molecule has 2 N–H and O–H groups in total. The van der Waals surface area contributed by atoms with Crippen LogP contribution in [0.1, 0.15) is 20.8 Å². The first-order valence-electron chi connectivity index (χ1n) is 7.71. The van der Waals surface area contributed by atoms with E-state index in [9.17, 15) is 79.0 Å². The van der Waals surface area contributed by atoms with Gasteiger partial charge >= 0.3 is 58.4 Å². The molecule has 0 atom stereocenters. The molecule has 0 unspecified atom stereocenters. The number of rotatable bonds is 5. The number of alkyl halides is 18. The molecule has 4 nitrogen and oxygen atoms in total. The topological polar surface area (TPSA) is 78.2 Å². The predicted molar refractivity (Wildman–Crippen MR) is 80.0 cm³/mol. The highest BCUT2D eigenvalue weighted by molar-refractivity contribution is 7.60. The van der Waals surface area contributed by atoms with Crippen molar-refractivity contribution in [1.82, 2.24) is 0 Å². The van der Waals surface area contributed by atoms with Gasteiger partial charge in [0.1, 0.15) is 0 Å². The van der Waals surface area contributed by atoms with Gasteiger partial charge in [0.05, 0.1) is 0 Å². The van der Waals surface area contributed by atoms with Crippen LogP contribution >= 0.6 is 0 Å². The number of hydrogen-bond donors (Lipinski definition) is 2. The van der Waals surface area contributed by atoms with Crippen molar-refractivity contribution in [1.29, 1.82) is 4.78 Å². The summed E-state index contributed by atoms with van der Waals surface area (Å²) in [5, 5.41) is 7.57. The quantitative estimate of drug-likeness (QED) is 0.338. The van der Waals surface area contributed by atoms with E-state index in [0.717, 1.165) is 0 Å². The van der Waals surface area contributed by atoms with E-state index in [1.54, 1.807) is 6.92 Å². The van der Waals surface area contributed by atoms with E-state index in [0.29, 0.717) is 0 Å². The third-order valence-electron chi connectivity index (χ3n) is 2.68. The Labute approximate surface area is 189 Å². The van der Waals surface area contributed by atoms with Crippen LogP contribution in [-0.4, -0.2) is 68.0 Å². The van der Waals surface area contributed by atoms with E-state index >= 15 is 0 Å². The van der Waals surface area contributed by atoms with Crippen LogP contribution in [0.15, 0.2) is 0 Å². The number of hydrogen-bond acceptors (Lipinski definition) is 4. The first-order valence-corrected chi connectivity index (χ1v) is 8.79. The Balaban J connectivity index is -0.000000277. The molecule has 0 aliphatic carbocycles. The van der Waals surface area contributed by atoms with Gasteiger partial charge in [0.25, 0.3) is 0 Å². The van der Waals surface area contributed by atoms with Gasteiger partial charge in [-0.15, -0.1) is 0 Å². The van der Waals surface area contributed by atoms with Crippen molar-refractivity contribution in [2.75, 3.05) is 6.61 Å². The monoisotopic (exact) mass is 613 g/mol. The number of aliphatic hydroxyl groups excluding tert-OH is 1. The maximum absolute atomic E-state index is 12.8. The van der Waals surface area contributed by atoms with E-state index in [1.807, 2.05) is 13.8 Å². The van der Waals surface area contributed by atoms with Gasteiger partial charge in [-0.1, -0.05) is 13.8 Å². The summed E-state index contributed by atoms with van der Waals surface area (Å²) in [5.74, 6) is -51.0. The van der Waals surface area contributed by atoms with Gasteiger partial charge < -0.3 is 5.11 Å². The number of aliphatic hydroxyl groups is 1. The highest BCUT2D eigenvalue weighted by atomic mass is 32.2. The van der Waals surface area contributed by atoms with E-state index < -0.39 is 58.4 Å². The Morgan fingerprint density at radius 2 is 0.611 bits per heavy atom. The fourth-order valence-corrected chi connectivity index (χ4v) is 1.14. The first kappa shape index (κ1) is 44.3. The molecule has 0 rings (SSSR count). The van der Waals surface area contributed by atoms with Crippen LogP contribution in [0.3, 0.4) is 0 Å². The third kappa shape index (κ3) is 8.39. The fourth-order valence-electron chi connectivity index (χ4n) is 1.14. The molecule has 0 aliphatic heterocycles. The lowest BCUT2D eigenvalue weighted by Gasteiger charge is -2.41. The van der Waals surface area contributed by atoms with Crippen LogP contribution in [0, 0.1) is 4.78 Å². The summed E-state index contributed by atoms with van der Waals surface area (Å²) in [4.78, 5) is 0. The average Bonchev–Trinajstić information content (AvgIpc) is 2.60. The van der Waals surface area contributed by atoms with E-state index in [1.165, 1.54) is 0 Å². The van der Waals surface area contributed by atoms with Crippen LogP contribution in [0.25, 0.3) is 0 Å². The lowest BCUT2D eigenvalue weighted by molar-refractivity contribution is -0.468. The Hall–Kier alpha value is -1.75. The average molecular weight is 613 g/mol. The molecule has 0 spiro atoms. The fraction of sp³-hybridized carbons (Fsp3) is 1.00. The van der Waals surface area contributed by atoms with Gasteiger partial charge in [0.2, 0.25) is 0 Å². The molecule has 224 valence electrons. The Morgan fingerprint density at radius 3 is 0.694 bits per heavy atom. The van der Waals surface area contributed by atoms with Crippen LogP contribution in [0.4, 0.5) is 83.7 Å². The predicted octanol–water partition coefficient (Wildman–Crippen LogP) is 6.73. The number of halogens is 19. The van der Waals surface area contributed by atoms with Crippen molar-refractivity contribution in [2.45, 2.75) is 68.7 Å². The van der Waals surface area contributed by atoms with Gasteiger partial charge in [0.15, 0.2) is 0 Å². The summed E-state index contributed by atoms with van der Waals surface area (Å²) >= 11 is 0. The first-order chi connectivity index (χ1) is 14.9. The Morgan fingerprint density at radius 1 is 0.528 bits per heavy atom.